The van der Waals surface area contributed by atoms with Crippen molar-refractivity contribution >= 4 is 23.5 Å². The summed E-state index contributed by atoms with van der Waals surface area (Å²) < 4.78 is 5.38. The first kappa shape index (κ1) is 22.3. The highest BCUT2D eigenvalue weighted by molar-refractivity contribution is 5.96. The van der Waals surface area contributed by atoms with Crippen LogP contribution in [0.1, 0.15) is 48.3 Å². The number of nitrogen functional groups attached to an aromatic ring is 1. The largest absolute Gasteiger partial charge is 0.497 e. The first-order valence-corrected chi connectivity index (χ1v) is 10.9. The number of nitrogens with two attached hydrogens (primary N) is 1. The molecule has 3 N–H and O–H groups in total. The summed E-state index contributed by atoms with van der Waals surface area (Å²) in [6.45, 7) is 2.07. The summed E-state index contributed by atoms with van der Waals surface area (Å²) in [6.07, 6.45) is 4.40. The van der Waals surface area contributed by atoms with Gasteiger partial charge in [-0.05, 0) is 61.2 Å². The average molecular weight is 446 g/mol. The van der Waals surface area contributed by atoms with Crippen molar-refractivity contribution in [3.05, 3.63) is 66.0 Å². The van der Waals surface area contributed by atoms with Crippen molar-refractivity contribution in [1.29, 1.82) is 0 Å². The Hall–Kier alpha value is -3.94. The predicted molar refractivity (Wildman–Crippen MR) is 127 cm³/mol. The van der Waals surface area contributed by atoms with Crippen molar-refractivity contribution in [2.24, 2.45) is 0 Å². The monoisotopic (exact) mass is 445 g/mol. The van der Waals surface area contributed by atoms with Gasteiger partial charge < -0.3 is 20.7 Å². The smallest absolute Gasteiger partial charge is 0.254 e. The highest BCUT2D eigenvalue weighted by Crippen LogP contribution is 2.37. The van der Waals surface area contributed by atoms with E-state index < -0.39 is 0 Å². The van der Waals surface area contributed by atoms with E-state index in [0.29, 0.717) is 17.8 Å². The van der Waals surface area contributed by atoms with Gasteiger partial charge in [-0.2, -0.15) is 0 Å². The lowest BCUT2D eigenvalue weighted by Gasteiger charge is -2.36. The molecule has 1 fully saturated rings. The Morgan fingerprint density at radius 2 is 1.94 bits per heavy atom. The molecule has 1 saturated heterocycles. The van der Waals surface area contributed by atoms with Crippen LogP contribution in [0.2, 0.25) is 0 Å². The Labute approximate surface area is 192 Å². The Morgan fingerprint density at radius 3 is 2.67 bits per heavy atom. The molecule has 0 spiro atoms. The second-order valence-corrected chi connectivity index (χ2v) is 8.03. The summed E-state index contributed by atoms with van der Waals surface area (Å²) in [6, 6.07) is 14.4. The SMILES string of the molecule is COc1cccc(-c2cnc(N)nc2[C@H]2CCCCN2C(=O)c2ccc(NC(C)=O)cc2)c1. The fraction of sp³-hybridized carbons (Fsp3) is 0.280. The zero-order chi connectivity index (χ0) is 23.4. The number of carbonyl (C=O) groups excluding carboxylic acids is 2. The first-order valence-electron chi connectivity index (χ1n) is 10.9. The standard InChI is InChI=1S/C25H27N5O3/c1-16(31)28-19-11-9-17(10-12-19)24(32)30-13-4-3-8-22(30)23-21(15-27-25(26)29-23)18-6-5-7-20(14-18)33-2/h5-7,9-12,14-15,22H,3-4,8,13H2,1-2H3,(H,28,31)(H2,26,27,29)/t22-/m1/s1. The lowest BCUT2D eigenvalue weighted by atomic mass is 9.93. The van der Waals surface area contributed by atoms with Crippen LogP contribution in [0.25, 0.3) is 11.1 Å². The van der Waals surface area contributed by atoms with Crippen molar-refractivity contribution in [3.63, 3.8) is 0 Å². The summed E-state index contributed by atoms with van der Waals surface area (Å²) in [5, 5.41) is 2.72. The number of ether oxygens (including phenoxy) is 1. The molecule has 2 amide bonds. The number of amides is 2. The van der Waals surface area contributed by atoms with E-state index in [2.05, 4.69) is 15.3 Å². The van der Waals surface area contributed by atoms with Gasteiger partial charge in [0.15, 0.2) is 0 Å². The normalized spacial score (nSPS) is 15.7. The summed E-state index contributed by atoms with van der Waals surface area (Å²) in [5.74, 6) is 0.667. The number of likely N-dealkylation sites (tertiary alicyclic amines) is 1. The minimum atomic E-state index is -0.229. The van der Waals surface area contributed by atoms with Crippen molar-refractivity contribution in [2.75, 3.05) is 24.7 Å². The molecule has 2 heterocycles. The lowest BCUT2D eigenvalue weighted by molar-refractivity contribution is -0.114. The van der Waals surface area contributed by atoms with E-state index >= 15 is 0 Å². The van der Waals surface area contributed by atoms with Crippen LogP contribution in [0.3, 0.4) is 0 Å². The second kappa shape index (κ2) is 9.68. The summed E-state index contributed by atoms with van der Waals surface area (Å²) in [4.78, 5) is 35.4. The molecule has 170 valence electrons. The van der Waals surface area contributed by atoms with Crippen LogP contribution in [-0.2, 0) is 4.79 Å². The minimum Gasteiger partial charge on any atom is -0.497 e. The van der Waals surface area contributed by atoms with Crippen molar-refractivity contribution in [3.8, 4) is 16.9 Å². The topological polar surface area (TPSA) is 110 Å². The molecule has 1 aromatic heterocycles. The van der Waals surface area contributed by atoms with Gasteiger partial charge in [-0.15, -0.1) is 0 Å². The van der Waals surface area contributed by atoms with Gasteiger partial charge in [0.2, 0.25) is 11.9 Å². The quantitative estimate of drug-likeness (QED) is 0.613. The van der Waals surface area contributed by atoms with Gasteiger partial charge in [-0.1, -0.05) is 12.1 Å². The molecule has 8 nitrogen and oxygen atoms in total. The number of rotatable bonds is 5. The van der Waals surface area contributed by atoms with Crippen LogP contribution in [0, 0.1) is 0 Å². The molecule has 0 radical (unpaired) electrons. The number of benzene rings is 2. The van der Waals surface area contributed by atoms with E-state index in [0.717, 1.165) is 41.8 Å². The molecule has 33 heavy (non-hydrogen) atoms. The molecule has 1 atom stereocenters. The first-order chi connectivity index (χ1) is 16.0. The minimum absolute atomic E-state index is 0.0807. The molecule has 3 aromatic rings. The summed E-state index contributed by atoms with van der Waals surface area (Å²) in [5.41, 5.74) is 9.65. The van der Waals surface area contributed by atoms with Crippen LogP contribution in [-0.4, -0.2) is 40.3 Å². The number of anilines is 2. The van der Waals surface area contributed by atoms with E-state index in [1.54, 1.807) is 37.6 Å². The molecular weight excluding hydrogens is 418 g/mol. The molecule has 0 saturated carbocycles. The maximum Gasteiger partial charge on any atom is 0.254 e. The van der Waals surface area contributed by atoms with Gasteiger partial charge in [0.05, 0.1) is 18.8 Å². The summed E-state index contributed by atoms with van der Waals surface area (Å²) >= 11 is 0. The molecule has 0 unspecified atom stereocenters. The van der Waals surface area contributed by atoms with Crippen LogP contribution in [0.5, 0.6) is 5.75 Å². The van der Waals surface area contributed by atoms with E-state index in [1.807, 2.05) is 29.2 Å². The van der Waals surface area contributed by atoms with E-state index in [4.69, 9.17) is 10.5 Å². The van der Waals surface area contributed by atoms with E-state index in [9.17, 15) is 9.59 Å². The second-order valence-electron chi connectivity index (χ2n) is 8.03. The van der Waals surface area contributed by atoms with E-state index in [1.165, 1.54) is 6.92 Å². The zero-order valence-corrected chi connectivity index (χ0v) is 18.7. The fourth-order valence-corrected chi connectivity index (χ4v) is 4.20. The third kappa shape index (κ3) is 4.95. The molecule has 1 aliphatic rings. The third-order valence-corrected chi connectivity index (χ3v) is 5.75. The van der Waals surface area contributed by atoms with Gasteiger partial charge in [0.25, 0.3) is 5.91 Å². The molecule has 8 heteroatoms. The van der Waals surface area contributed by atoms with Crippen LogP contribution >= 0.6 is 0 Å². The lowest BCUT2D eigenvalue weighted by Crippen LogP contribution is -2.39. The molecule has 0 aliphatic carbocycles. The number of methoxy groups -OCH3 is 1. The van der Waals surface area contributed by atoms with Gasteiger partial charge in [-0.3, -0.25) is 9.59 Å². The van der Waals surface area contributed by atoms with Crippen molar-refractivity contribution in [1.82, 2.24) is 14.9 Å². The maximum atomic E-state index is 13.5. The van der Waals surface area contributed by atoms with Crippen molar-refractivity contribution < 1.29 is 14.3 Å². The molecule has 0 bridgehead atoms. The maximum absolute atomic E-state index is 13.5. The van der Waals surface area contributed by atoms with Gasteiger partial charge in [0, 0.05) is 36.5 Å². The van der Waals surface area contributed by atoms with Crippen molar-refractivity contribution in [2.45, 2.75) is 32.2 Å². The van der Waals surface area contributed by atoms with E-state index in [-0.39, 0.29) is 23.8 Å². The molecule has 4 rings (SSSR count). The fourth-order valence-electron chi connectivity index (χ4n) is 4.20. The molecule has 1 aliphatic heterocycles. The Kier molecular flexibility index (Phi) is 6.53. The number of nitrogens with zero attached hydrogens (tertiary/aromatic N) is 3. The number of aromatic nitrogens is 2. The van der Waals surface area contributed by atoms with Crippen LogP contribution in [0.4, 0.5) is 11.6 Å². The Balaban J connectivity index is 1.69. The molecule has 2 aromatic carbocycles. The van der Waals surface area contributed by atoms with Gasteiger partial charge in [-0.25, -0.2) is 9.97 Å². The van der Waals surface area contributed by atoms with Gasteiger partial charge in [0.1, 0.15) is 5.75 Å². The zero-order valence-electron chi connectivity index (χ0n) is 18.7. The van der Waals surface area contributed by atoms with Crippen LogP contribution < -0.4 is 15.8 Å². The predicted octanol–water partition coefficient (Wildman–Crippen LogP) is 4.06. The number of nitrogens with one attached hydrogen (secondary N) is 1. The Morgan fingerprint density at radius 1 is 1.15 bits per heavy atom. The highest BCUT2D eigenvalue weighted by Gasteiger charge is 2.32. The number of carbonyl (C=O) groups is 2. The number of piperidine rings is 1. The highest BCUT2D eigenvalue weighted by atomic mass is 16.5. The third-order valence-electron chi connectivity index (χ3n) is 5.75. The number of hydrogen-bond donors (Lipinski definition) is 2. The average Bonchev–Trinajstić information content (AvgIpc) is 2.83. The molecular formula is C25H27N5O3. The number of hydrogen-bond acceptors (Lipinski definition) is 6. The van der Waals surface area contributed by atoms with Gasteiger partial charge >= 0.3 is 0 Å². The summed E-state index contributed by atoms with van der Waals surface area (Å²) in [7, 11) is 1.62. The van der Waals surface area contributed by atoms with Crippen LogP contribution in [0.15, 0.2) is 54.7 Å². The Bertz CT molecular complexity index is 1160.